The molecule has 0 atom stereocenters. The Labute approximate surface area is 406 Å². The minimum Gasteiger partial charge on any atom is -0.455 e. The molecule has 0 spiro atoms. The van der Waals surface area contributed by atoms with Gasteiger partial charge in [-0.15, -0.1) is 0 Å². The summed E-state index contributed by atoms with van der Waals surface area (Å²) in [5.74, 6) is 0. The van der Waals surface area contributed by atoms with Crippen LogP contribution >= 0.6 is 0 Å². The second kappa shape index (κ2) is 16.0. The first-order valence-electron chi connectivity index (χ1n) is 24.1. The summed E-state index contributed by atoms with van der Waals surface area (Å²) >= 11 is 0. The van der Waals surface area contributed by atoms with Gasteiger partial charge < -0.3 is 13.9 Å². The zero-order chi connectivity index (χ0) is 46.2. The Morgan fingerprint density at radius 2 is 0.829 bits per heavy atom. The molecule has 3 nitrogen and oxygen atoms in total. The summed E-state index contributed by atoms with van der Waals surface area (Å²) in [5.41, 5.74) is 20.1. The molecule has 1 aliphatic rings. The molecular weight excluding hydrogens is 849 g/mol. The summed E-state index contributed by atoms with van der Waals surface area (Å²) in [7, 11) is 0. The summed E-state index contributed by atoms with van der Waals surface area (Å²) < 4.78 is 8.81. The van der Waals surface area contributed by atoms with Crippen molar-refractivity contribution in [2.75, 3.05) is 4.90 Å². The van der Waals surface area contributed by atoms with Gasteiger partial charge in [-0.1, -0.05) is 206 Å². The third-order valence-corrected chi connectivity index (χ3v) is 14.7. The van der Waals surface area contributed by atoms with Crippen molar-refractivity contribution in [2.45, 2.75) is 5.41 Å². The highest BCUT2D eigenvalue weighted by Gasteiger charge is 2.47. The van der Waals surface area contributed by atoms with Crippen LogP contribution in [0.2, 0.25) is 0 Å². The molecule has 0 saturated heterocycles. The molecule has 0 saturated carbocycles. The van der Waals surface area contributed by atoms with Crippen molar-refractivity contribution >= 4 is 60.8 Å². The van der Waals surface area contributed by atoms with Crippen LogP contribution in [0.3, 0.4) is 0 Å². The van der Waals surface area contributed by atoms with Gasteiger partial charge in [-0.2, -0.15) is 0 Å². The number of anilines is 3. The average molecular weight is 893 g/mol. The molecule has 0 fully saturated rings. The molecule has 0 radical (unpaired) electrons. The fourth-order valence-corrected chi connectivity index (χ4v) is 11.7. The predicted molar refractivity (Wildman–Crippen MR) is 291 cm³/mol. The smallest absolute Gasteiger partial charge is 0.143 e. The van der Waals surface area contributed by atoms with Crippen molar-refractivity contribution in [3.8, 4) is 39.1 Å². The Hall–Kier alpha value is -9.18. The van der Waals surface area contributed by atoms with Crippen molar-refractivity contribution in [3.63, 3.8) is 0 Å². The zero-order valence-electron chi connectivity index (χ0n) is 38.2. The van der Waals surface area contributed by atoms with Crippen LogP contribution in [-0.2, 0) is 5.41 Å². The maximum Gasteiger partial charge on any atom is 0.143 e. The van der Waals surface area contributed by atoms with E-state index in [9.17, 15) is 0 Å². The van der Waals surface area contributed by atoms with Crippen molar-refractivity contribution in [3.05, 3.63) is 289 Å². The van der Waals surface area contributed by atoms with Crippen molar-refractivity contribution in [1.82, 2.24) is 4.57 Å². The molecular formula is C67H44N2O. The fraction of sp³-hybridized carbons (Fsp3) is 0.0149. The molecule has 0 amide bonds. The van der Waals surface area contributed by atoms with E-state index in [1.165, 1.54) is 55.2 Å². The largest absolute Gasteiger partial charge is 0.455 e. The molecule has 0 bridgehead atoms. The van der Waals surface area contributed by atoms with Crippen LogP contribution in [-0.4, -0.2) is 4.57 Å². The molecule has 1 aliphatic carbocycles. The van der Waals surface area contributed by atoms with E-state index in [2.05, 4.69) is 264 Å². The molecule has 13 aromatic rings. The number of furan rings is 1. The Morgan fingerprint density at radius 3 is 1.50 bits per heavy atom. The van der Waals surface area contributed by atoms with E-state index in [4.69, 9.17) is 4.42 Å². The van der Waals surface area contributed by atoms with E-state index >= 15 is 0 Å². The molecule has 2 heterocycles. The van der Waals surface area contributed by atoms with Crippen LogP contribution in [0.25, 0.3) is 82.8 Å². The summed E-state index contributed by atoms with van der Waals surface area (Å²) in [5, 5.41) is 4.78. The van der Waals surface area contributed by atoms with Gasteiger partial charge in [-0.05, 0) is 105 Å². The van der Waals surface area contributed by atoms with Crippen LogP contribution < -0.4 is 4.90 Å². The minimum absolute atomic E-state index is 0.525. The first kappa shape index (κ1) is 39.9. The first-order valence-corrected chi connectivity index (χ1v) is 24.1. The Bertz CT molecular complexity index is 4000. The average Bonchev–Trinajstić information content (AvgIpc) is 4.09. The van der Waals surface area contributed by atoms with Gasteiger partial charge in [-0.25, -0.2) is 0 Å². The monoisotopic (exact) mass is 892 g/mol. The van der Waals surface area contributed by atoms with Gasteiger partial charge in [0.2, 0.25) is 0 Å². The third kappa shape index (κ3) is 6.01. The maximum absolute atomic E-state index is 6.42. The van der Waals surface area contributed by atoms with Crippen molar-refractivity contribution in [1.29, 1.82) is 0 Å². The lowest BCUT2D eigenvalue weighted by Gasteiger charge is -2.34. The van der Waals surface area contributed by atoms with E-state index in [1.807, 2.05) is 12.1 Å². The highest BCUT2D eigenvalue weighted by Crippen LogP contribution is 2.59. The third-order valence-electron chi connectivity index (χ3n) is 14.7. The van der Waals surface area contributed by atoms with E-state index in [0.717, 1.165) is 66.9 Å². The van der Waals surface area contributed by atoms with Crippen LogP contribution in [0.5, 0.6) is 0 Å². The summed E-state index contributed by atoms with van der Waals surface area (Å²) in [6.45, 7) is 0. The molecule has 0 aliphatic heterocycles. The number of nitrogens with zero attached hydrogens (tertiary/aromatic N) is 2. The van der Waals surface area contributed by atoms with Gasteiger partial charge in [0.15, 0.2) is 0 Å². The molecule has 70 heavy (non-hydrogen) atoms. The van der Waals surface area contributed by atoms with Crippen LogP contribution in [0, 0.1) is 0 Å². The number of aromatic nitrogens is 1. The topological polar surface area (TPSA) is 21.3 Å². The number of benzene rings is 11. The SMILES string of the molecule is c1ccc(C2(c3ccccc3)c3ccccc3-c3c(N(c4ccc(-c5ccc(-c6cccc7c6oc6ccccc67)cc5)cc4)c4ccc(-n5c6ccccc6c6ccccc65)cc4)cccc32)cc1. The second-order valence-corrected chi connectivity index (χ2v) is 18.4. The molecule has 14 rings (SSSR count). The van der Waals surface area contributed by atoms with E-state index < -0.39 is 5.41 Å². The second-order valence-electron chi connectivity index (χ2n) is 18.4. The lowest BCUT2D eigenvalue weighted by Crippen LogP contribution is -2.28. The van der Waals surface area contributed by atoms with Crippen molar-refractivity contribution in [2.24, 2.45) is 0 Å². The van der Waals surface area contributed by atoms with Gasteiger partial charge in [0, 0.05) is 49.7 Å². The maximum atomic E-state index is 6.42. The lowest BCUT2D eigenvalue weighted by molar-refractivity contribution is 0.670. The van der Waals surface area contributed by atoms with Crippen molar-refractivity contribution < 1.29 is 4.42 Å². The fourth-order valence-electron chi connectivity index (χ4n) is 11.7. The molecule has 0 unspecified atom stereocenters. The lowest BCUT2D eigenvalue weighted by atomic mass is 9.68. The Balaban J connectivity index is 0.922. The molecule has 11 aromatic carbocycles. The van der Waals surface area contributed by atoms with Gasteiger partial charge in [0.1, 0.15) is 11.2 Å². The van der Waals surface area contributed by atoms with E-state index in [-0.39, 0.29) is 0 Å². The standard InChI is InChI=1S/C67H44N2O/c1-3-17-48(18-4-1)67(49-19-5-2-6-20-49)59-27-11-7-24-58(59)65-60(67)28-16-31-63(65)68(51-41-43-52(44-42-51)69-61-29-12-8-21-54(61)55-22-9-13-30-62(55)69)50-39-37-46(38-40-50)45-33-35-47(36-34-45)53-25-15-26-57-56-23-10-14-32-64(56)70-66(53)57/h1-44H. The summed E-state index contributed by atoms with van der Waals surface area (Å²) in [6.07, 6.45) is 0. The van der Waals surface area contributed by atoms with Crippen LogP contribution in [0.15, 0.2) is 271 Å². The molecule has 2 aromatic heterocycles. The normalized spacial score (nSPS) is 12.7. The highest BCUT2D eigenvalue weighted by molar-refractivity contribution is 6.10. The molecule has 0 N–H and O–H groups in total. The predicted octanol–water partition coefficient (Wildman–Crippen LogP) is 17.8. The van der Waals surface area contributed by atoms with Gasteiger partial charge in [-0.3, -0.25) is 0 Å². The number of fused-ring (bicyclic) bond motifs is 9. The Kier molecular flexibility index (Phi) is 9.11. The molecule has 328 valence electrons. The van der Waals surface area contributed by atoms with Gasteiger partial charge in [0.25, 0.3) is 0 Å². The minimum atomic E-state index is -0.525. The zero-order valence-corrected chi connectivity index (χ0v) is 38.2. The number of hydrogen-bond acceptors (Lipinski definition) is 2. The summed E-state index contributed by atoms with van der Waals surface area (Å²) in [6, 6.07) is 97.3. The summed E-state index contributed by atoms with van der Waals surface area (Å²) in [4.78, 5) is 2.46. The van der Waals surface area contributed by atoms with Crippen LogP contribution in [0.4, 0.5) is 17.1 Å². The number of para-hydroxylation sites is 4. The van der Waals surface area contributed by atoms with Crippen LogP contribution in [0.1, 0.15) is 22.3 Å². The van der Waals surface area contributed by atoms with E-state index in [1.54, 1.807) is 0 Å². The highest BCUT2D eigenvalue weighted by atomic mass is 16.3. The number of rotatable bonds is 8. The quantitative estimate of drug-likeness (QED) is 0.152. The van der Waals surface area contributed by atoms with Gasteiger partial charge >= 0.3 is 0 Å². The molecule has 3 heteroatoms. The van der Waals surface area contributed by atoms with E-state index in [0.29, 0.717) is 0 Å². The van der Waals surface area contributed by atoms with Gasteiger partial charge in [0.05, 0.1) is 22.1 Å². The Morgan fingerprint density at radius 1 is 0.343 bits per heavy atom. The first-order chi connectivity index (χ1) is 34.7. The number of hydrogen-bond donors (Lipinski definition) is 0.